The molecule has 7 nitrogen and oxygen atoms in total. The zero-order valence-electron chi connectivity index (χ0n) is 14.6. The van der Waals surface area contributed by atoms with E-state index in [1.54, 1.807) is 12.4 Å². The van der Waals surface area contributed by atoms with E-state index in [2.05, 4.69) is 30.6 Å². The molecule has 11 heteroatoms. The molecule has 2 aliphatic rings. The molecule has 0 saturated carbocycles. The Bertz CT molecular complexity index is 918. The Labute approximate surface area is 177 Å². The Morgan fingerprint density at radius 3 is 2.50 bits per heavy atom. The first-order valence-electron chi connectivity index (χ1n) is 8.50. The smallest absolute Gasteiger partial charge is 0.208 e. The van der Waals surface area contributed by atoms with Crippen LogP contribution in [0.2, 0.25) is 0 Å². The number of phenols is 1. The molecular weight excluding hydrogens is 426 g/mol. The van der Waals surface area contributed by atoms with Crippen molar-refractivity contribution in [3.63, 3.8) is 0 Å². The molecule has 0 aliphatic carbocycles. The van der Waals surface area contributed by atoms with Gasteiger partial charge in [-0.1, -0.05) is 11.3 Å². The van der Waals surface area contributed by atoms with Crippen molar-refractivity contribution in [1.29, 1.82) is 0 Å². The van der Waals surface area contributed by atoms with Crippen LogP contribution < -0.4 is 10.2 Å². The fourth-order valence-electron chi connectivity index (χ4n) is 3.84. The second kappa shape index (κ2) is 8.20. The van der Waals surface area contributed by atoms with Gasteiger partial charge in [0.2, 0.25) is 5.13 Å². The maximum atomic E-state index is 14.7. The van der Waals surface area contributed by atoms with Crippen molar-refractivity contribution in [2.45, 2.75) is 0 Å². The second-order valence-corrected chi connectivity index (χ2v) is 7.77. The Balaban J connectivity index is 0.00000112. The molecule has 2 saturated heterocycles. The zero-order valence-corrected chi connectivity index (χ0v) is 17.1. The molecule has 0 spiro atoms. The first-order valence-corrected chi connectivity index (χ1v) is 9.32. The molecule has 28 heavy (non-hydrogen) atoms. The Morgan fingerprint density at radius 2 is 1.86 bits per heavy atom. The van der Waals surface area contributed by atoms with Gasteiger partial charge in [0.1, 0.15) is 11.6 Å². The molecule has 0 radical (unpaired) electrons. The topological polar surface area (TPSA) is 90.0 Å². The number of hydrogen-bond acceptors (Lipinski definition) is 7. The number of aromatic amines is 1. The number of halogens is 3. The number of anilines is 1. The van der Waals surface area contributed by atoms with Crippen LogP contribution in [0.3, 0.4) is 0 Å². The number of aromatic nitrogens is 4. The number of nitrogens with one attached hydrogen (secondary N) is 2. The molecule has 1 aromatic carbocycles. The molecule has 2 fully saturated rings. The van der Waals surface area contributed by atoms with E-state index in [1.807, 2.05) is 0 Å². The fraction of sp³-hybridized carbons (Fsp3) is 0.353. The van der Waals surface area contributed by atoms with Gasteiger partial charge in [-0.05, 0) is 29.5 Å². The van der Waals surface area contributed by atoms with Crippen molar-refractivity contribution in [2.75, 3.05) is 31.1 Å². The summed E-state index contributed by atoms with van der Waals surface area (Å²) in [7, 11) is 0. The predicted molar refractivity (Wildman–Crippen MR) is 111 cm³/mol. The van der Waals surface area contributed by atoms with E-state index >= 15 is 0 Å². The molecule has 2 atom stereocenters. The summed E-state index contributed by atoms with van der Waals surface area (Å²) >= 11 is 1.32. The third-order valence-corrected chi connectivity index (χ3v) is 6.19. The number of benzene rings is 1. The van der Waals surface area contributed by atoms with E-state index in [9.17, 15) is 9.50 Å². The maximum Gasteiger partial charge on any atom is 0.208 e. The number of rotatable bonds is 3. The molecule has 5 rings (SSSR count). The number of fused-ring (bicyclic) bond motifs is 1. The van der Waals surface area contributed by atoms with Gasteiger partial charge in [-0.2, -0.15) is 5.10 Å². The molecule has 4 heterocycles. The number of H-pyrrole nitrogens is 1. The first-order chi connectivity index (χ1) is 12.7. The predicted octanol–water partition coefficient (Wildman–Crippen LogP) is 2.94. The van der Waals surface area contributed by atoms with Gasteiger partial charge in [-0.15, -0.1) is 35.0 Å². The summed E-state index contributed by atoms with van der Waals surface area (Å²) in [6, 6.07) is 2.91. The Hall–Kier alpha value is -1.94. The molecule has 0 unspecified atom stereocenters. The van der Waals surface area contributed by atoms with Gasteiger partial charge in [0, 0.05) is 37.9 Å². The van der Waals surface area contributed by atoms with Crippen molar-refractivity contribution in [1.82, 2.24) is 25.7 Å². The maximum absolute atomic E-state index is 14.7. The van der Waals surface area contributed by atoms with Crippen molar-refractivity contribution >= 4 is 41.3 Å². The van der Waals surface area contributed by atoms with Gasteiger partial charge >= 0.3 is 0 Å². The molecular formula is C17H19Cl2FN6OS. The Kier molecular flexibility index (Phi) is 6.09. The highest BCUT2D eigenvalue weighted by atomic mass is 35.5. The van der Waals surface area contributed by atoms with Crippen LogP contribution in [-0.2, 0) is 0 Å². The van der Waals surface area contributed by atoms with E-state index < -0.39 is 5.82 Å². The van der Waals surface area contributed by atoms with Crippen LogP contribution in [0.4, 0.5) is 9.52 Å². The average Bonchev–Trinajstić information content (AvgIpc) is 3.37. The van der Waals surface area contributed by atoms with E-state index in [-0.39, 0.29) is 36.1 Å². The zero-order chi connectivity index (χ0) is 17.7. The Morgan fingerprint density at radius 1 is 1.11 bits per heavy atom. The largest absolute Gasteiger partial charge is 0.507 e. The van der Waals surface area contributed by atoms with Crippen molar-refractivity contribution in [3.8, 4) is 27.4 Å². The van der Waals surface area contributed by atoms with Gasteiger partial charge in [-0.25, -0.2) is 4.39 Å². The lowest BCUT2D eigenvalue weighted by Gasteiger charge is -2.14. The summed E-state index contributed by atoms with van der Waals surface area (Å²) < 4.78 is 14.7. The van der Waals surface area contributed by atoms with Crippen molar-refractivity contribution in [3.05, 3.63) is 30.3 Å². The number of hydrogen-bond donors (Lipinski definition) is 3. The molecule has 150 valence electrons. The minimum Gasteiger partial charge on any atom is -0.507 e. The highest BCUT2D eigenvalue weighted by Gasteiger charge is 2.37. The SMILES string of the molecule is Cl.Cl.Oc1cc(-c2cn[nH]c2)cc(F)c1-c1nnc(N2C[C@H]3CNC[C@H]3C2)s1. The summed E-state index contributed by atoms with van der Waals surface area (Å²) in [5.41, 5.74) is 1.37. The first kappa shape index (κ1) is 20.8. The van der Waals surface area contributed by atoms with Gasteiger partial charge in [0.25, 0.3) is 0 Å². The summed E-state index contributed by atoms with van der Waals surface area (Å²) in [5.74, 6) is 0.612. The monoisotopic (exact) mass is 444 g/mol. The highest BCUT2D eigenvalue weighted by molar-refractivity contribution is 7.18. The highest BCUT2D eigenvalue weighted by Crippen LogP contribution is 2.40. The summed E-state index contributed by atoms with van der Waals surface area (Å²) in [5, 5.41) is 29.9. The van der Waals surface area contributed by atoms with Crippen LogP contribution in [-0.4, -0.2) is 51.7 Å². The fourth-order valence-corrected chi connectivity index (χ4v) is 4.75. The van der Waals surface area contributed by atoms with Crippen LogP contribution in [0.1, 0.15) is 0 Å². The third kappa shape index (κ3) is 3.55. The lowest BCUT2D eigenvalue weighted by Crippen LogP contribution is -2.25. The van der Waals surface area contributed by atoms with E-state index in [4.69, 9.17) is 0 Å². The van der Waals surface area contributed by atoms with Crippen LogP contribution in [0.25, 0.3) is 21.7 Å². The lowest BCUT2D eigenvalue weighted by molar-refractivity contribution is 0.472. The second-order valence-electron chi connectivity index (χ2n) is 6.81. The van der Waals surface area contributed by atoms with Crippen LogP contribution >= 0.6 is 36.2 Å². The lowest BCUT2D eigenvalue weighted by atomic mass is 10.0. The molecule has 2 aromatic heterocycles. The van der Waals surface area contributed by atoms with E-state index in [0.29, 0.717) is 28.0 Å². The van der Waals surface area contributed by atoms with Gasteiger partial charge < -0.3 is 15.3 Å². The standard InChI is InChI=1S/C17H17FN6OS.2ClH/c18-13-1-9(10-5-20-21-6-10)2-14(25)15(13)16-22-23-17(26-16)24-7-11-3-19-4-12(11)8-24;;/h1-2,5-6,11-12,19,25H,3-4,7-8H2,(H,20,21);2*1H/t11-,12+;;. The molecule has 2 aliphatic heterocycles. The van der Waals surface area contributed by atoms with Gasteiger partial charge in [-0.3, -0.25) is 5.10 Å². The van der Waals surface area contributed by atoms with Crippen molar-refractivity contribution in [2.24, 2.45) is 11.8 Å². The molecule has 3 aromatic rings. The summed E-state index contributed by atoms with van der Waals surface area (Å²) in [4.78, 5) is 2.21. The molecule has 3 N–H and O–H groups in total. The van der Waals surface area contributed by atoms with E-state index in [1.165, 1.54) is 23.5 Å². The van der Waals surface area contributed by atoms with Gasteiger partial charge in [0.15, 0.2) is 5.01 Å². The van der Waals surface area contributed by atoms with Crippen LogP contribution in [0.15, 0.2) is 24.5 Å². The van der Waals surface area contributed by atoms with Crippen LogP contribution in [0.5, 0.6) is 5.75 Å². The minimum atomic E-state index is -0.522. The quantitative estimate of drug-likeness (QED) is 0.575. The normalized spacial score (nSPS) is 20.5. The average molecular weight is 445 g/mol. The van der Waals surface area contributed by atoms with Gasteiger partial charge in [0.05, 0.1) is 11.8 Å². The summed E-state index contributed by atoms with van der Waals surface area (Å²) in [6.45, 7) is 3.97. The molecule has 0 amide bonds. The summed E-state index contributed by atoms with van der Waals surface area (Å²) in [6.07, 6.45) is 3.23. The number of phenolic OH excluding ortho intramolecular Hbond substituents is 1. The number of aromatic hydroxyl groups is 1. The minimum absolute atomic E-state index is 0. The number of nitrogens with zero attached hydrogens (tertiary/aromatic N) is 4. The van der Waals surface area contributed by atoms with Crippen LogP contribution in [0, 0.1) is 17.7 Å². The molecule has 0 bridgehead atoms. The van der Waals surface area contributed by atoms with Crippen molar-refractivity contribution < 1.29 is 9.50 Å². The van der Waals surface area contributed by atoms with E-state index in [0.717, 1.165) is 31.3 Å². The third-order valence-electron chi connectivity index (χ3n) is 5.19.